The highest BCUT2D eigenvalue weighted by atomic mass is 16.5. The van der Waals surface area contributed by atoms with Gasteiger partial charge in [0.1, 0.15) is 5.75 Å². The Morgan fingerprint density at radius 1 is 1.23 bits per heavy atom. The van der Waals surface area contributed by atoms with Crippen LogP contribution in [0.25, 0.3) is 0 Å². The van der Waals surface area contributed by atoms with Crippen molar-refractivity contribution in [3.8, 4) is 5.75 Å². The number of likely N-dealkylation sites (N-methyl/N-ethyl adjacent to an activating group) is 1. The molecule has 1 N–H and O–H groups in total. The molecular formula is C16H23N3O3. The predicted octanol–water partition coefficient (Wildman–Crippen LogP) is 0.589. The van der Waals surface area contributed by atoms with E-state index in [1.54, 1.807) is 19.2 Å². The van der Waals surface area contributed by atoms with Crippen molar-refractivity contribution in [2.75, 3.05) is 46.4 Å². The number of piperazine rings is 1. The van der Waals surface area contributed by atoms with Gasteiger partial charge in [-0.1, -0.05) is 6.07 Å². The molecule has 120 valence electrons. The van der Waals surface area contributed by atoms with E-state index in [1.165, 1.54) is 0 Å². The van der Waals surface area contributed by atoms with Gasteiger partial charge < -0.3 is 15.0 Å². The van der Waals surface area contributed by atoms with Crippen molar-refractivity contribution >= 4 is 11.8 Å². The Kier molecular flexibility index (Phi) is 5.77. The third-order valence-corrected chi connectivity index (χ3v) is 3.72. The molecule has 22 heavy (non-hydrogen) atoms. The highest BCUT2D eigenvalue weighted by molar-refractivity contribution is 5.94. The molecule has 1 aliphatic rings. The van der Waals surface area contributed by atoms with Gasteiger partial charge in [-0.2, -0.15) is 0 Å². The number of carbonyl (C=O) groups is 2. The number of hydrogen-bond acceptors (Lipinski definition) is 4. The fourth-order valence-corrected chi connectivity index (χ4v) is 2.50. The van der Waals surface area contributed by atoms with Crippen molar-refractivity contribution in [2.24, 2.45) is 0 Å². The van der Waals surface area contributed by atoms with Gasteiger partial charge in [0.25, 0.3) is 5.91 Å². The minimum Gasteiger partial charge on any atom is -0.497 e. The summed E-state index contributed by atoms with van der Waals surface area (Å²) in [4.78, 5) is 27.9. The fraction of sp³-hybridized carbons (Fsp3) is 0.500. The van der Waals surface area contributed by atoms with E-state index in [0.29, 0.717) is 50.6 Å². The summed E-state index contributed by atoms with van der Waals surface area (Å²) in [6, 6.07) is 7.19. The molecule has 0 aliphatic carbocycles. The van der Waals surface area contributed by atoms with Crippen molar-refractivity contribution in [1.82, 2.24) is 15.1 Å². The van der Waals surface area contributed by atoms with Crippen molar-refractivity contribution in [1.29, 1.82) is 0 Å². The normalized spacial score (nSPS) is 15.5. The number of benzene rings is 1. The molecule has 1 fully saturated rings. The molecule has 1 saturated heterocycles. The number of hydrogen-bond donors (Lipinski definition) is 1. The summed E-state index contributed by atoms with van der Waals surface area (Å²) in [6.07, 6.45) is 0. The summed E-state index contributed by atoms with van der Waals surface area (Å²) in [6.45, 7) is 5.65. The second kappa shape index (κ2) is 7.79. The number of methoxy groups -OCH3 is 1. The minimum atomic E-state index is 0.0107. The lowest BCUT2D eigenvalue weighted by molar-refractivity contribution is -0.122. The summed E-state index contributed by atoms with van der Waals surface area (Å²) in [5.74, 6) is 0.729. The Balaban J connectivity index is 1.88. The summed E-state index contributed by atoms with van der Waals surface area (Å²) in [5.41, 5.74) is 0.636. The van der Waals surface area contributed by atoms with Crippen LogP contribution in [0.4, 0.5) is 0 Å². The first-order valence-electron chi connectivity index (χ1n) is 7.56. The molecule has 0 saturated carbocycles. The summed E-state index contributed by atoms with van der Waals surface area (Å²) in [7, 11) is 1.59. The van der Waals surface area contributed by atoms with Crippen LogP contribution in [-0.2, 0) is 4.79 Å². The number of amides is 2. The third-order valence-electron chi connectivity index (χ3n) is 3.72. The van der Waals surface area contributed by atoms with Gasteiger partial charge in [-0.15, -0.1) is 0 Å². The van der Waals surface area contributed by atoms with E-state index in [0.717, 1.165) is 0 Å². The molecular weight excluding hydrogens is 282 g/mol. The molecule has 1 aliphatic heterocycles. The lowest BCUT2D eigenvalue weighted by atomic mass is 10.1. The molecule has 6 nitrogen and oxygen atoms in total. The van der Waals surface area contributed by atoms with Crippen molar-refractivity contribution in [3.63, 3.8) is 0 Å². The molecule has 0 spiro atoms. The topological polar surface area (TPSA) is 61.9 Å². The van der Waals surface area contributed by atoms with E-state index in [9.17, 15) is 9.59 Å². The molecule has 0 bridgehead atoms. The monoisotopic (exact) mass is 305 g/mol. The van der Waals surface area contributed by atoms with Crippen LogP contribution in [0.2, 0.25) is 0 Å². The lowest BCUT2D eigenvalue weighted by Crippen LogP contribution is -2.51. The van der Waals surface area contributed by atoms with E-state index < -0.39 is 0 Å². The van der Waals surface area contributed by atoms with Crippen molar-refractivity contribution in [3.05, 3.63) is 29.8 Å². The zero-order valence-corrected chi connectivity index (χ0v) is 13.2. The van der Waals surface area contributed by atoms with E-state index >= 15 is 0 Å². The van der Waals surface area contributed by atoms with Gasteiger partial charge in [0.05, 0.1) is 13.7 Å². The molecule has 0 unspecified atom stereocenters. The Labute approximate surface area is 131 Å². The minimum absolute atomic E-state index is 0.0107. The zero-order valence-electron chi connectivity index (χ0n) is 13.2. The van der Waals surface area contributed by atoms with E-state index in [2.05, 4.69) is 10.2 Å². The quantitative estimate of drug-likeness (QED) is 0.865. The van der Waals surface area contributed by atoms with Crippen molar-refractivity contribution < 1.29 is 14.3 Å². The third kappa shape index (κ3) is 4.21. The smallest absolute Gasteiger partial charge is 0.254 e. The van der Waals surface area contributed by atoms with Crippen LogP contribution in [0.3, 0.4) is 0 Å². The van der Waals surface area contributed by atoms with E-state index in [-0.39, 0.29) is 11.8 Å². The molecule has 1 heterocycles. The van der Waals surface area contributed by atoms with Crippen LogP contribution in [0.1, 0.15) is 17.3 Å². The Hall–Kier alpha value is -2.08. The van der Waals surface area contributed by atoms with Crippen LogP contribution in [-0.4, -0.2) is 68.0 Å². The average molecular weight is 305 g/mol. The van der Waals surface area contributed by atoms with Gasteiger partial charge in [0.2, 0.25) is 5.91 Å². The molecule has 1 aromatic rings. The first kappa shape index (κ1) is 16.3. The molecule has 6 heteroatoms. The standard InChI is InChI=1S/C16H23N3O3/c1-3-17-15(20)12-18-7-9-19(10-8-18)16(21)13-5-4-6-14(11-13)22-2/h4-6,11H,3,7-10,12H2,1-2H3,(H,17,20). The molecule has 2 amide bonds. The van der Waals surface area contributed by atoms with Crippen LogP contribution in [0.5, 0.6) is 5.75 Å². The van der Waals surface area contributed by atoms with Gasteiger partial charge in [-0.05, 0) is 25.1 Å². The average Bonchev–Trinajstić information content (AvgIpc) is 2.55. The molecule has 0 radical (unpaired) electrons. The largest absolute Gasteiger partial charge is 0.497 e. The van der Waals surface area contributed by atoms with E-state index in [1.807, 2.05) is 24.0 Å². The second-order valence-electron chi connectivity index (χ2n) is 5.25. The van der Waals surface area contributed by atoms with Crippen molar-refractivity contribution in [2.45, 2.75) is 6.92 Å². The highest BCUT2D eigenvalue weighted by Crippen LogP contribution is 2.15. The lowest BCUT2D eigenvalue weighted by Gasteiger charge is -2.34. The Bertz CT molecular complexity index is 525. The molecule has 0 atom stereocenters. The number of ether oxygens (including phenoxy) is 1. The van der Waals surface area contributed by atoms with Gasteiger partial charge in [0.15, 0.2) is 0 Å². The number of nitrogens with one attached hydrogen (secondary N) is 1. The summed E-state index contributed by atoms with van der Waals surface area (Å²) in [5, 5.41) is 2.79. The van der Waals surface area contributed by atoms with Crippen LogP contribution >= 0.6 is 0 Å². The zero-order chi connectivity index (χ0) is 15.9. The van der Waals surface area contributed by atoms with Gasteiger partial charge >= 0.3 is 0 Å². The van der Waals surface area contributed by atoms with Gasteiger partial charge in [-0.25, -0.2) is 0 Å². The Morgan fingerprint density at radius 3 is 2.59 bits per heavy atom. The second-order valence-corrected chi connectivity index (χ2v) is 5.25. The van der Waals surface area contributed by atoms with Crippen LogP contribution < -0.4 is 10.1 Å². The Morgan fingerprint density at radius 2 is 1.95 bits per heavy atom. The highest BCUT2D eigenvalue weighted by Gasteiger charge is 2.23. The summed E-state index contributed by atoms with van der Waals surface area (Å²) < 4.78 is 5.15. The maximum Gasteiger partial charge on any atom is 0.254 e. The molecule has 1 aromatic carbocycles. The van der Waals surface area contributed by atoms with Gasteiger partial charge in [0, 0.05) is 38.3 Å². The fourth-order valence-electron chi connectivity index (χ4n) is 2.50. The van der Waals surface area contributed by atoms with E-state index in [4.69, 9.17) is 4.74 Å². The number of carbonyl (C=O) groups excluding carboxylic acids is 2. The predicted molar refractivity (Wildman–Crippen MR) is 84.0 cm³/mol. The van der Waals surface area contributed by atoms with Gasteiger partial charge in [-0.3, -0.25) is 14.5 Å². The summed E-state index contributed by atoms with van der Waals surface area (Å²) >= 11 is 0. The SMILES string of the molecule is CCNC(=O)CN1CCN(C(=O)c2cccc(OC)c2)CC1. The maximum atomic E-state index is 12.5. The number of rotatable bonds is 5. The first-order chi connectivity index (χ1) is 10.6. The van der Waals surface area contributed by atoms with Crippen LogP contribution in [0.15, 0.2) is 24.3 Å². The molecule has 2 rings (SSSR count). The first-order valence-corrected chi connectivity index (χ1v) is 7.56. The maximum absolute atomic E-state index is 12.5. The number of nitrogens with zero attached hydrogens (tertiary/aromatic N) is 2. The molecule has 0 aromatic heterocycles. The van der Waals surface area contributed by atoms with Crippen LogP contribution in [0, 0.1) is 0 Å².